The zero-order valence-corrected chi connectivity index (χ0v) is 21.9. The standard InChI is InChI=1S/C30H16F2S4/c31-21-5-1-17(2-6-21)23-9-11-25(33-23)29-15-19-13-28-20(14-27(19)35-29)16-30(36-28)26-12-10-24(34-26)18-3-7-22(32)8-4-18/h1-16H. The van der Waals surface area contributed by atoms with Gasteiger partial charge in [-0.2, -0.15) is 0 Å². The molecule has 0 aliphatic rings. The van der Waals surface area contributed by atoms with Gasteiger partial charge in [-0.3, -0.25) is 0 Å². The van der Waals surface area contributed by atoms with E-state index < -0.39 is 0 Å². The molecular formula is C30H16F2S4. The van der Waals surface area contributed by atoms with Crippen LogP contribution in [-0.2, 0) is 0 Å². The second-order valence-corrected chi connectivity index (χ2v) is 12.8. The van der Waals surface area contributed by atoms with Crippen molar-refractivity contribution >= 4 is 65.5 Å². The van der Waals surface area contributed by atoms with E-state index in [-0.39, 0.29) is 11.6 Å². The van der Waals surface area contributed by atoms with Crippen LogP contribution < -0.4 is 0 Å². The molecule has 0 nitrogen and oxygen atoms in total. The van der Waals surface area contributed by atoms with E-state index in [1.165, 1.54) is 63.9 Å². The lowest BCUT2D eigenvalue weighted by Crippen LogP contribution is -1.73. The first-order chi connectivity index (χ1) is 17.6. The summed E-state index contributed by atoms with van der Waals surface area (Å²) < 4.78 is 29.1. The van der Waals surface area contributed by atoms with Gasteiger partial charge in [0.25, 0.3) is 0 Å². The first kappa shape index (κ1) is 22.1. The van der Waals surface area contributed by atoms with Gasteiger partial charge in [0.2, 0.25) is 0 Å². The highest BCUT2D eigenvalue weighted by molar-refractivity contribution is 7.28. The molecule has 7 rings (SSSR count). The molecule has 0 aliphatic heterocycles. The number of hydrogen-bond donors (Lipinski definition) is 0. The molecule has 7 aromatic rings. The molecule has 0 saturated carbocycles. The van der Waals surface area contributed by atoms with E-state index >= 15 is 0 Å². The molecule has 0 atom stereocenters. The highest BCUT2D eigenvalue weighted by atomic mass is 32.1. The van der Waals surface area contributed by atoms with E-state index in [4.69, 9.17) is 0 Å². The molecule has 4 aromatic heterocycles. The average Bonchev–Trinajstić information content (AvgIpc) is 3.68. The number of halogens is 2. The summed E-state index contributed by atoms with van der Waals surface area (Å²) in [5, 5.41) is 2.51. The predicted octanol–water partition coefficient (Wildman–Crippen LogP) is 11.2. The molecule has 0 saturated heterocycles. The highest BCUT2D eigenvalue weighted by Crippen LogP contribution is 2.44. The fourth-order valence-electron chi connectivity index (χ4n) is 4.29. The van der Waals surface area contributed by atoms with Gasteiger partial charge in [0.1, 0.15) is 11.6 Å². The summed E-state index contributed by atoms with van der Waals surface area (Å²) in [5.41, 5.74) is 2.08. The number of thiophene rings is 4. The van der Waals surface area contributed by atoms with Gasteiger partial charge in [0.15, 0.2) is 0 Å². The maximum Gasteiger partial charge on any atom is 0.123 e. The molecule has 3 aromatic carbocycles. The van der Waals surface area contributed by atoms with Crippen LogP contribution in [0, 0.1) is 11.6 Å². The van der Waals surface area contributed by atoms with Gasteiger partial charge >= 0.3 is 0 Å². The van der Waals surface area contributed by atoms with E-state index in [1.54, 1.807) is 22.7 Å². The summed E-state index contributed by atoms with van der Waals surface area (Å²) in [7, 11) is 0. The van der Waals surface area contributed by atoms with Gasteiger partial charge in [-0.15, -0.1) is 45.3 Å². The van der Waals surface area contributed by atoms with E-state index in [0.29, 0.717) is 0 Å². The van der Waals surface area contributed by atoms with Crippen molar-refractivity contribution in [1.82, 2.24) is 0 Å². The Labute approximate surface area is 222 Å². The fraction of sp³-hybridized carbons (Fsp3) is 0. The summed E-state index contributed by atoms with van der Waals surface area (Å²) >= 11 is 7.10. The molecular weight excluding hydrogens is 527 g/mol. The van der Waals surface area contributed by atoms with E-state index in [9.17, 15) is 8.78 Å². The van der Waals surface area contributed by atoms with Crippen LogP contribution in [0.4, 0.5) is 8.78 Å². The van der Waals surface area contributed by atoms with Crippen molar-refractivity contribution in [3.8, 4) is 40.4 Å². The number of hydrogen-bond acceptors (Lipinski definition) is 4. The summed E-state index contributed by atoms with van der Waals surface area (Å²) in [6.45, 7) is 0. The molecule has 0 unspecified atom stereocenters. The lowest BCUT2D eigenvalue weighted by Gasteiger charge is -1.96. The van der Waals surface area contributed by atoms with E-state index in [1.807, 2.05) is 46.9 Å². The molecule has 0 amide bonds. The molecule has 0 spiro atoms. The minimum atomic E-state index is -0.212. The fourth-order valence-corrected chi connectivity index (χ4v) is 8.67. The van der Waals surface area contributed by atoms with Crippen LogP contribution in [0.1, 0.15) is 0 Å². The summed E-state index contributed by atoms with van der Waals surface area (Å²) in [5.74, 6) is -0.425. The topological polar surface area (TPSA) is 0 Å². The van der Waals surface area contributed by atoms with Gasteiger partial charge in [0, 0.05) is 38.7 Å². The second-order valence-electron chi connectivity index (χ2n) is 8.49. The van der Waals surface area contributed by atoms with Crippen LogP contribution in [0.25, 0.3) is 60.6 Å². The molecule has 6 heteroatoms. The number of benzene rings is 3. The van der Waals surface area contributed by atoms with Crippen molar-refractivity contribution in [1.29, 1.82) is 0 Å². The number of fused-ring (bicyclic) bond motifs is 2. The predicted molar refractivity (Wildman–Crippen MR) is 155 cm³/mol. The molecule has 0 aliphatic carbocycles. The lowest BCUT2D eigenvalue weighted by atomic mass is 10.2. The summed E-state index contributed by atoms with van der Waals surface area (Å²) in [6, 6.07) is 31.0. The van der Waals surface area contributed by atoms with Crippen LogP contribution in [0.15, 0.2) is 97.1 Å². The molecule has 0 bridgehead atoms. The Kier molecular flexibility index (Phi) is 5.36. The first-order valence-corrected chi connectivity index (χ1v) is 14.6. The van der Waals surface area contributed by atoms with Crippen LogP contribution in [-0.4, -0.2) is 0 Å². The number of rotatable bonds is 4. The average molecular weight is 543 g/mol. The Morgan fingerprint density at radius 3 is 1.17 bits per heavy atom. The molecule has 0 fully saturated rings. The third-order valence-electron chi connectivity index (χ3n) is 6.11. The first-order valence-electron chi connectivity index (χ1n) is 11.3. The third-order valence-corrected chi connectivity index (χ3v) is 11.0. The van der Waals surface area contributed by atoms with Crippen LogP contribution >= 0.6 is 45.3 Å². The van der Waals surface area contributed by atoms with Gasteiger partial charge in [0.05, 0.1) is 0 Å². The zero-order chi connectivity index (χ0) is 24.2. The Bertz CT molecular complexity index is 1660. The quantitative estimate of drug-likeness (QED) is 0.207. The van der Waals surface area contributed by atoms with E-state index in [2.05, 4.69) is 48.5 Å². The van der Waals surface area contributed by atoms with Crippen molar-refractivity contribution in [2.75, 3.05) is 0 Å². The molecule has 0 N–H and O–H groups in total. The van der Waals surface area contributed by atoms with Gasteiger partial charge < -0.3 is 0 Å². The zero-order valence-electron chi connectivity index (χ0n) is 18.6. The highest BCUT2D eigenvalue weighted by Gasteiger charge is 2.13. The summed E-state index contributed by atoms with van der Waals surface area (Å²) in [6.07, 6.45) is 0. The Morgan fingerprint density at radius 2 is 0.750 bits per heavy atom. The second kappa shape index (κ2) is 8.75. The lowest BCUT2D eigenvalue weighted by molar-refractivity contribution is 0.627. The molecule has 4 heterocycles. The van der Waals surface area contributed by atoms with Gasteiger partial charge in [-0.1, -0.05) is 24.3 Å². The summed E-state index contributed by atoms with van der Waals surface area (Å²) in [4.78, 5) is 7.25. The Balaban J connectivity index is 1.20. The van der Waals surface area contributed by atoms with Gasteiger partial charge in [-0.25, -0.2) is 8.78 Å². The monoisotopic (exact) mass is 542 g/mol. The SMILES string of the molecule is Fc1ccc(-c2ccc(-c3cc4cc5sc(-c6ccc(-c7ccc(F)cc7)s6)cc5cc4s3)s2)cc1. The normalized spacial score (nSPS) is 11.6. The van der Waals surface area contributed by atoms with Crippen LogP contribution in [0.5, 0.6) is 0 Å². The Hall–Kier alpha value is -3.16. The van der Waals surface area contributed by atoms with Crippen molar-refractivity contribution in [3.05, 3.63) is 109 Å². The van der Waals surface area contributed by atoms with Crippen molar-refractivity contribution < 1.29 is 8.78 Å². The molecule has 0 radical (unpaired) electrons. The maximum atomic E-state index is 13.3. The minimum Gasteiger partial charge on any atom is -0.207 e. The molecule has 174 valence electrons. The van der Waals surface area contributed by atoms with Crippen molar-refractivity contribution in [2.24, 2.45) is 0 Å². The third kappa shape index (κ3) is 4.00. The van der Waals surface area contributed by atoms with E-state index in [0.717, 1.165) is 20.9 Å². The van der Waals surface area contributed by atoms with Gasteiger partial charge in [-0.05, 0) is 94.7 Å². The largest absolute Gasteiger partial charge is 0.207 e. The minimum absolute atomic E-state index is 0.212. The van der Waals surface area contributed by atoms with Crippen LogP contribution in [0.3, 0.4) is 0 Å². The van der Waals surface area contributed by atoms with Crippen LogP contribution in [0.2, 0.25) is 0 Å². The smallest absolute Gasteiger partial charge is 0.123 e. The Morgan fingerprint density at radius 1 is 0.361 bits per heavy atom. The molecule has 36 heavy (non-hydrogen) atoms. The maximum absolute atomic E-state index is 13.3. The van der Waals surface area contributed by atoms with Crippen molar-refractivity contribution in [2.45, 2.75) is 0 Å². The van der Waals surface area contributed by atoms with Crippen molar-refractivity contribution in [3.63, 3.8) is 0 Å².